The van der Waals surface area contributed by atoms with E-state index in [-0.39, 0.29) is 5.91 Å². The molecule has 1 N–H and O–H groups in total. The van der Waals surface area contributed by atoms with Gasteiger partial charge in [0.05, 0.1) is 11.4 Å². The molecule has 2 aromatic rings. The van der Waals surface area contributed by atoms with Gasteiger partial charge >= 0.3 is 0 Å². The number of rotatable bonds is 1. The molecule has 1 amide bonds. The van der Waals surface area contributed by atoms with Crippen LogP contribution in [0.1, 0.15) is 22.5 Å². The van der Waals surface area contributed by atoms with Crippen LogP contribution in [0.5, 0.6) is 0 Å². The molecule has 0 bridgehead atoms. The highest BCUT2D eigenvalue weighted by atomic mass is 35.5. The molecule has 0 unspecified atom stereocenters. The number of carbonyl (C=O) groups excluding carboxylic acids is 1. The molecule has 0 aliphatic carbocycles. The molecule has 2 heterocycles. The molecule has 0 radical (unpaired) electrons. The lowest BCUT2D eigenvalue weighted by atomic mass is 10.0. The second-order valence-electron chi connectivity index (χ2n) is 4.91. The van der Waals surface area contributed by atoms with Crippen molar-refractivity contribution in [2.45, 2.75) is 13.8 Å². The zero-order valence-corrected chi connectivity index (χ0v) is 12.2. The molecule has 102 valence electrons. The van der Waals surface area contributed by atoms with Crippen LogP contribution in [0.3, 0.4) is 0 Å². The molecular formula is C15H14ClN3O. The Morgan fingerprint density at radius 3 is 2.75 bits per heavy atom. The first-order valence-corrected chi connectivity index (χ1v) is 6.68. The van der Waals surface area contributed by atoms with Crippen LogP contribution >= 0.6 is 11.6 Å². The van der Waals surface area contributed by atoms with Gasteiger partial charge in [0.1, 0.15) is 0 Å². The quantitative estimate of drug-likeness (QED) is 0.819. The standard InChI is InChI=1S/C15H14ClN3O/c1-8-12(9(2)19(3)18-8)7-13-11-5-4-10(16)6-14(11)17-15(13)20/h4-7H,1-3H3,(H,17,20)/b13-7+. The van der Waals surface area contributed by atoms with Crippen molar-refractivity contribution >= 4 is 34.8 Å². The van der Waals surface area contributed by atoms with Gasteiger partial charge in [-0.15, -0.1) is 0 Å². The second-order valence-corrected chi connectivity index (χ2v) is 5.35. The van der Waals surface area contributed by atoms with Crippen molar-refractivity contribution in [3.63, 3.8) is 0 Å². The summed E-state index contributed by atoms with van der Waals surface area (Å²) in [6.07, 6.45) is 1.90. The van der Waals surface area contributed by atoms with Gasteiger partial charge in [-0.1, -0.05) is 17.7 Å². The van der Waals surface area contributed by atoms with E-state index in [9.17, 15) is 4.79 Å². The lowest BCUT2D eigenvalue weighted by molar-refractivity contribution is -0.110. The third-order valence-electron chi connectivity index (χ3n) is 3.62. The number of fused-ring (bicyclic) bond motifs is 1. The maximum Gasteiger partial charge on any atom is 0.256 e. The SMILES string of the molecule is Cc1nn(C)c(C)c1/C=C1/C(=O)Nc2cc(Cl)ccc21. The summed E-state index contributed by atoms with van der Waals surface area (Å²) in [5, 5.41) is 7.81. The molecule has 0 fully saturated rings. The van der Waals surface area contributed by atoms with Crippen molar-refractivity contribution < 1.29 is 4.79 Å². The number of benzene rings is 1. The number of nitrogens with one attached hydrogen (secondary N) is 1. The summed E-state index contributed by atoms with van der Waals surface area (Å²) >= 11 is 5.95. The number of amides is 1. The van der Waals surface area contributed by atoms with Gasteiger partial charge in [0.15, 0.2) is 0 Å². The van der Waals surface area contributed by atoms with Crippen LogP contribution in [0, 0.1) is 13.8 Å². The molecular weight excluding hydrogens is 274 g/mol. The number of anilines is 1. The largest absolute Gasteiger partial charge is 0.321 e. The summed E-state index contributed by atoms with van der Waals surface area (Å²) in [6.45, 7) is 3.93. The van der Waals surface area contributed by atoms with Crippen molar-refractivity contribution in [2.75, 3.05) is 5.32 Å². The molecule has 0 spiro atoms. The average Bonchev–Trinajstić information content (AvgIpc) is 2.81. The first-order chi connectivity index (χ1) is 9.47. The number of aryl methyl sites for hydroxylation is 2. The van der Waals surface area contributed by atoms with Crippen molar-refractivity contribution in [1.29, 1.82) is 0 Å². The lowest BCUT2D eigenvalue weighted by Gasteiger charge is -2.00. The predicted octanol–water partition coefficient (Wildman–Crippen LogP) is 3.18. The van der Waals surface area contributed by atoms with Crippen LogP contribution in [-0.2, 0) is 11.8 Å². The van der Waals surface area contributed by atoms with Gasteiger partial charge in [-0.25, -0.2) is 0 Å². The Balaban J connectivity index is 2.16. The van der Waals surface area contributed by atoms with Crippen molar-refractivity contribution in [2.24, 2.45) is 7.05 Å². The molecule has 1 aliphatic rings. The summed E-state index contributed by atoms with van der Waals surface area (Å²) < 4.78 is 1.82. The highest BCUT2D eigenvalue weighted by molar-refractivity contribution is 6.36. The first-order valence-electron chi connectivity index (χ1n) is 6.30. The normalized spacial score (nSPS) is 15.6. The number of carbonyl (C=O) groups is 1. The summed E-state index contributed by atoms with van der Waals surface area (Å²) in [5.41, 5.74) is 5.21. The van der Waals surface area contributed by atoms with Crippen molar-refractivity contribution in [1.82, 2.24) is 9.78 Å². The number of hydrogen-bond donors (Lipinski definition) is 1. The Bertz CT molecular complexity index is 759. The Kier molecular flexibility index (Phi) is 2.91. The van der Waals surface area contributed by atoms with Gasteiger partial charge < -0.3 is 5.32 Å². The third kappa shape index (κ3) is 1.93. The van der Waals surface area contributed by atoms with Gasteiger partial charge in [0, 0.05) is 34.5 Å². The zero-order valence-electron chi connectivity index (χ0n) is 11.5. The Morgan fingerprint density at radius 2 is 2.10 bits per heavy atom. The van der Waals surface area contributed by atoms with Gasteiger partial charge in [-0.05, 0) is 32.1 Å². The molecule has 1 aromatic carbocycles. The van der Waals surface area contributed by atoms with Gasteiger partial charge in [0.2, 0.25) is 0 Å². The Labute approximate surface area is 122 Å². The van der Waals surface area contributed by atoms with Gasteiger partial charge in [-0.3, -0.25) is 9.48 Å². The molecule has 5 heteroatoms. The number of nitrogens with zero attached hydrogens (tertiary/aromatic N) is 2. The van der Waals surface area contributed by atoms with Crippen LogP contribution < -0.4 is 5.32 Å². The maximum absolute atomic E-state index is 12.1. The van der Waals surface area contributed by atoms with E-state index < -0.39 is 0 Å². The molecule has 0 saturated carbocycles. The monoisotopic (exact) mass is 287 g/mol. The fourth-order valence-electron chi connectivity index (χ4n) is 2.45. The van der Waals surface area contributed by atoms with E-state index in [4.69, 9.17) is 11.6 Å². The average molecular weight is 288 g/mol. The van der Waals surface area contributed by atoms with E-state index in [1.807, 2.05) is 37.7 Å². The summed E-state index contributed by atoms with van der Waals surface area (Å²) in [6, 6.07) is 5.42. The second kappa shape index (κ2) is 4.49. The van der Waals surface area contributed by atoms with E-state index in [1.54, 1.807) is 12.1 Å². The van der Waals surface area contributed by atoms with Crippen LogP contribution in [0.15, 0.2) is 18.2 Å². The highest BCUT2D eigenvalue weighted by Gasteiger charge is 2.25. The molecule has 0 atom stereocenters. The predicted molar refractivity (Wildman–Crippen MR) is 80.6 cm³/mol. The van der Waals surface area contributed by atoms with E-state index in [0.29, 0.717) is 10.6 Å². The van der Waals surface area contributed by atoms with Crippen molar-refractivity contribution in [3.05, 3.63) is 45.7 Å². The van der Waals surface area contributed by atoms with E-state index in [2.05, 4.69) is 10.4 Å². The summed E-state index contributed by atoms with van der Waals surface area (Å²) in [7, 11) is 1.90. The topological polar surface area (TPSA) is 46.9 Å². The number of halogens is 1. The minimum Gasteiger partial charge on any atom is -0.321 e. The molecule has 0 saturated heterocycles. The zero-order chi connectivity index (χ0) is 14.4. The maximum atomic E-state index is 12.1. The Morgan fingerprint density at radius 1 is 1.35 bits per heavy atom. The number of aromatic nitrogens is 2. The minimum absolute atomic E-state index is 0.107. The third-order valence-corrected chi connectivity index (χ3v) is 3.85. The van der Waals surface area contributed by atoms with Crippen molar-refractivity contribution in [3.8, 4) is 0 Å². The lowest BCUT2D eigenvalue weighted by Crippen LogP contribution is -2.03. The summed E-state index contributed by atoms with van der Waals surface area (Å²) in [4.78, 5) is 12.1. The van der Waals surface area contributed by atoms with Crippen LogP contribution in [-0.4, -0.2) is 15.7 Å². The van der Waals surface area contributed by atoms with Crippen LogP contribution in [0.4, 0.5) is 5.69 Å². The molecule has 1 aromatic heterocycles. The smallest absolute Gasteiger partial charge is 0.256 e. The molecule has 4 nitrogen and oxygen atoms in total. The highest BCUT2D eigenvalue weighted by Crippen LogP contribution is 2.35. The van der Waals surface area contributed by atoms with E-state index in [1.165, 1.54) is 0 Å². The van der Waals surface area contributed by atoms with Gasteiger partial charge in [0.25, 0.3) is 5.91 Å². The fourth-order valence-corrected chi connectivity index (χ4v) is 2.63. The van der Waals surface area contributed by atoms with Crippen LogP contribution in [0.25, 0.3) is 11.6 Å². The molecule has 3 rings (SSSR count). The number of hydrogen-bond acceptors (Lipinski definition) is 2. The molecule has 1 aliphatic heterocycles. The Hall–Kier alpha value is -2.07. The van der Waals surface area contributed by atoms with E-state index >= 15 is 0 Å². The minimum atomic E-state index is -0.107. The fraction of sp³-hybridized carbons (Fsp3) is 0.200. The van der Waals surface area contributed by atoms with Crippen LogP contribution in [0.2, 0.25) is 5.02 Å². The van der Waals surface area contributed by atoms with E-state index in [0.717, 1.165) is 28.2 Å². The van der Waals surface area contributed by atoms with Gasteiger partial charge in [-0.2, -0.15) is 5.10 Å². The molecule has 20 heavy (non-hydrogen) atoms. The summed E-state index contributed by atoms with van der Waals surface area (Å²) in [5.74, 6) is -0.107. The first kappa shape index (κ1) is 12.9.